The summed E-state index contributed by atoms with van der Waals surface area (Å²) in [5.74, 6) is -0.555. The average molecular weight is 314 g/mol. The van der Waals surface area contributed by atoms with Gasteiger partial charge in [0.1, 0.15) is 5.70 Å². The van der Waals surface area contributed by atoms with E-state index in [0.717, 1.165) is 30.0 Å². The lowest BCUT2D eigenvalue weighted by Crippen LogP contribution is -2.41. The minimum atomic E-state index is -3.96. The zero-order valence-corrected chi connectivity index (χ0v) is 13.4. The van der Waals surface area contributed by atoms with Crippen LogP contribution in [0.1, 0.15) is 46.5 Å². The molecule has 0 amide bonds. The normalized spacial score (nSPS) is 29.0. The lowest BCUT2D eigenvalue weighted by atomic mass is 9.80. The molecular formula is C14H22N2O4S. The summed E-state index contributed by atoms with van der Waals surface area (Å²) >= 11 is 0. The second-order valence-corrected chi connectivity index (χ2v) is 7.65. The molecule has 0 saturated heterocycles. The first-order chi connectivity index (χ1) is 9.72. The molecule has 6 nitrogen and oxygen atoms in total. The molecule has 2 aliphatic rings. The van der Waals surface area contributed by atoms with Crippen LogP contribution >= 0.6 is 0 Å². The third-order valence-electron chi connectivity index (χ3n) is 4.11. The lowest BCUT2D eigenvalue weighted by molar-refractivity contribution is -0.134. The first kappa shape index (κ1) is 16.0. The van der Waals surface area contributed by atoms with Crippen molar-refractivity contribution in [3.63, 3.8) is 0 Å². The largest absolute Gasteiger partial charge is 0.477 e. The Morgan fingerprint density at radius 1 is 1.33 bits per heavy atom. The highest BCUT2D eigenvalue weighted by atomic mass is 32.2. The van der Waals surface area contributed by atoms with Crippen LogP contribution < -0.4 is 0 Å². The number of aliphatic carboxylic acids is 1. The van der Waals surface area contributed by atoms with Crippen molar-refractivity contribution in [2.24, 2.45) is 16.2 Å². The molecule has 2 rings (SSSR count). The fourth-order valence-electron chi connectivity index (χ4n) is 2.98. The van der Waals surface area contributed by atoms with E-state index in [1.54, 1.807) is 13.8 Å². The summed E-state index contributed by atoms with van der Waals surface area (Å²) in [4.78, 5) is 11.4. The molecule has 0 bridgehead atoms. The topological polar surface area (TPSA) is 87.0 Å². The number of carboxylic acids is 1. The number of carboxylic acid groups (broad SMARTS) is 1. The summed E-state index contributed by atoms with van der Waals surface area (Å²) < 4.78 is 29.3. The second kappa shape index (κ2) is 5.79. The van der Waals surface area contributed by atoms with E-state index >= 15 is 0 Å². The fourth-order valence-corrected chi connectivity index (χ4v) is 4.45. The van der Waals surface area contributed by atoms with Crippen LogP contribution in [-0.2, 0) is 15.0 Å². The lowest BCUT2D eigenvalue weighted by Gasteiger charge is -2.32. The van der Waals surface area contributed by atoms with Gasteiger partial charge in [0.15, 0.2) is 0 Å². The summed E-state index contributed by atoms with van der Waals surface area (Å²) in [5.41, 5.74) is 0.199. The van der Waals surface area contributed by atoms with Crippen molar-refractivity contribution < 1.29 is 18.3 Å². The van der Waals surface area contributed by atoms with Gasteiger partial charge >= 0.3 is 16.2 Å². The van der Waals surface area contributed by atoms with Gasteiger partial charge in [-0.15, -0.1) is 4.40 Å². The average Bonchev–Trinajstić information content (AvgIpc) is 2.36. The predicted molar refractivity (Wildman–Crippen MR) is 80.2 cm³/mol. The quantitative estimate of drug-likeness (QED) is 0.865. The van der Waals surface area contributed by atoms with Gasteiger partial charge in [-0.25, -0.2) is 9.10 Å². The molecule has 1 heterocycles. The number of nitrogens with zero attached hydrogens (tertiary/aromatic N) is 2. The van der Waals surface area contributed by atoms with E-state index in [-0.39, 0.29) is 11.6 Å². The molecule has 1 aliphatic heterocycles. The van der Waals surface area contributed by atoms with Crippen molar-refractivity contribution in [1.29, 1.82) is 0 Å². The maximum Gasteiger partial charge on any atom is 0.353 e. The molecule has 21 heavy (non-hydrogen) atoms. The van der Waals surface area contributed by atoms with Crippen molar-refractivity contribution in [3.05, 3.63) is 11.8 Å². The minimum absolute atomic E-state index is 0.0413. The monoisotopic (exact) mass is 314 g/mol. The zero-order valence-electron chi connectivity index (χ0n) is 12.6. The predicted octanol–water partition coefficient (Wildman–Crippen LogP) is 2.19. The van der Waals surface area contributed by atoms with Crippen molar-refractivity contribution in [2.75, 3.05) is 0 Å². The van der Waals surface area contributed by atoms with Crippen LogP contribution in [0.3, 0.4) is 0 Å². The number of rotatable bonds is 3. The van der Waals surface area contributed by atoms with Gasteiger partial charge in [-0.1, -0.05) is 19.8 Å². The van der Waals surface area contributed by atoms with Crippen LogP contribution in [0.5, 0.6) is 0 Å². The number of allylic oxidation sites excluding steroid dienone is 1. The molecule has 0 spiro atoms. The summed E-state index contributed by atoms with van der Waals surface area (Å²) in [5, 5.41) is 9.32. The van der Waals surface area contributed by atoms with Gasteiger partial charge in [-0.3, -0.25) is 0 Å². The minimum Gasteiger partial charge on any atom is -0.477 e. The van der Waals surface area contributed by atoms with Crippen molar-refractivity contribution >= 4 is 21.9 Å². The van der Waals surface area contributed by atoms with Gasteiger partial charge in [0.25, 0.3) is 0 Å². The van der Waals surface area contributed by atoms with Gasteiger partial charge in [0, 0.05) is 12.0 Å². The van der Waals surface area contributed by atoms with E-state index in [1.165, 1.54) is 6.08 Å². The zero-order chi connectivity index (χ0) is 15.8. The molecule has 0 aromatic rings. The van der Waals surface area contributed by atoms with Gasteiger partial charge in [-0.05, 0) is 38.7 Å². The summed E-state index contributed by atoms with van der Waals surface area (Å²) in [6.07, 6.45) is 5.20. The van der Waals surface area contributed by atoms with Crippen LogP contribution in [-0.4, -0.2) is 35.6 Å². The Bertz CT molecular complexity index is 584. The van der Waals surface area contributed by atoms with Crippen LogP contribution in [0.25, 0.3) is 0 Å². The van der Waals surface area contributed by atoms with Crippen LogP contribution in [0, 0.1) is 11.8 Å². The van der Waals surface area contributed by atoms with E-state index in [4.69, 9.17) is 0 Å². The van der Waals surface area contributed by atoms with Crippen molar-refractivity contribution in [3.8, 4) is 0 Å². The van der Waals surface area contributed by atoms with Crippen molar-refractivity contribution in [1.82, 2.24) is 4.31 Å². The van der Waals surface area contributed by atoms with E-state index < -0.39 is 22.2 Å². The molecule has 1 saturated carbocycles. The highest BCUT2D eigenvalue weighted by Crippen LogP contribution is 2.32. The van der Waals surface area contributed by atoms with E-state index in [0.29, 0.717) is 11.6 Å². The Morgan fingerprint density at radius 3 is 2.38 bits per heavy atom. The highest BCUT2D eigenvalue weighted by Gasteiger charge is 2.36. The van der Waals surface area contributed by atoms with Crippen LogP contribution in [0.15, 0.2) is 16.2 Å². The van der Waals surface area contributed by atoms with Crippen molar-refractivity contribution in [2.45, 2.75) is 52.5 Å². The van der Waals surface area contributed by atoms with Gasteiger partial charge < -0.3 is 5.11 Å². The second-order valence-electron chi connectivity index (χ2n) is 6.18. The maximum atomic E-state index is 12.3. The molecule has 0 aromatic heterocycles. The van der Waals surface area contributed by atoms with Gasteiger partial charge in [-0.2, -0.15) is 8.42 Å². The smallest absolute Gasteiger partial charge is 0.353 e. The number of hydrogen-bond donors (Lipinski definition) is 1. The first-order valence-corrected chi connectivity index (χ1v) is 8.71. The fraction of sp³-hybridized carbons (Fsp3) is 0.714. The van der Waals surface area contributed by atoms with Gasteiger partial charge in [0.2, 0.25) is 0 Å². The molecule has 0 unspecified atom stereocenters. The molecule has 118 valence electrons. The number of carbonyl (C=O) groups is 1. The molecule has 0 atom stereocenters. The van der Waals surface area contributed by atoms with E-state index in [9.17, 15) is 18.3 Å². The summed E-state index contributed by atoms with van der Waals surface area (Å²) in [6, 6.07) is -0.478. The van der Waals surface area contributed by atoms with Crippen LogP contribution in [0.4, 0.5) is 0 Å². The third kappa shape index (κ3) is 3.28. The summed E-state index contributed by atoms with van der Waals surface area (Å²) in [6.45, 7) is 5.45. The molecule has 1 N–H and O–H groups in total. The Balaban J connectivity index is 2.38. The Kier molecular flexibility index (Phi) is 4.41. The third-order valence-corrected chi connectivity index (χ3v) is 5.67. The SMILES string of the molecule is CC1CCC(C2=NS(=O)(=O)N(C(C)C)C(C(=O)O)=C2)CC1. The van der Waals surface area contributed by atoms with Crippen LogP contribution in [0.2, 0.25) is 0 Å². The molecule has 0 radical (unpaired) electrons. The Hall–Kier alpha value is -1.37. The standard InChI is InChI=1S/C14H22N2O4S/c1-9(2)16-13(14(17)18)8-12(15-21(16,19)20)11-6-4-10(3)5-7-11/h8-11H,4-7H2,1-3H3,(H,17,18). The highest BCUT2D eigenvalue weighted by molar-refractivity contribution is 7.88. The van der Waals surface area contributed by atoms with E-state index in [2.05, 4.69) is 11.3 Å². The first-order valence-electron chi connectivity index (χ1n) is 7.31. The van der Waals surface area contributed by atoms with Gasteiger partial charge in [0.05, 0.1) is 5.71 Å². The Morgan fingerprint density at radius 2 is 1.90 bits per heavy atom. The molecule has 7 heteroatoms. The van der Waals surface area contributed by atoms with E-state index in [1.807, 2.05) is 0 Å². The Labute approximate surface area is 125 Å². The molecule has 1 aliphatic carbocycles. The molecular weight excluding hydrogens is 292 g/mol. The molecule has 1 fully saturated rings. The maximum absolute atomic E-state index is 12.3. The summed E-state index contributed by atoms with van der Waals surface area (Å²) in [7, 11) is -3.96. The molecule has 0 aromatic carbocycles. The number of hydrogen-bond acceptors (Lipinski definition) is 3.